The van der Waals surface area contributed by atoms with Crippen LogP contribution in [0, 0.1) is 0 Å². The van der Waals surface area contributed by atoms with Crippen molar-refractivity contribution < 1.29 is 4.74 Å². The zero-order valence-electron chi connectivity index (χ0n) is 7.84. The van der Waals surface area contributed by atoms with Gasteiger partial charge >= 0.3 is 0 Å². The third kappa shape index (κ3) is 1.71. The van der Waals surface area contributed by atoms with Crippen LogP contribution in [0.3, 0.4) is 0 Å². The molecule has 2 rings (SSSR count). The van der Waals surface area contributed by atoms with Gasteiger partial charge in [0.2, 0.25) is 0 Å². The zero-order valence-corrected chi connectivity index (χ0v) is 7.84. The predicted molar refractivity (Wildman–Crippen MR) is 54.0 cm³/mol. The number of aromatic nitrogens is 2. The molecule has 0 N–H and O–H groups in total. The topological polar surface area (TPSA) is 35.0 Å². The molecule has 0 aliphatic heterocycles. The second-order valence-corrected chi connectivity index (χ2v) is 2.83. The molecule has 1 aromatic heterocycles. The van der Waals surface area contributed by atoms with Crippen LogP contribution < -0.4 is 4.74 Å². The minimum absolute atomic E-state index is 0.834. The van der Waals surface area contributed by atoms with Crippen molar-refractivity contribution in [1.29, 1.82) is 0 Å². The smallest absolute Gasteiger partial charge is 0.119 e. The van der Waals surface area contributed by atoms with E-state index >= 15 is 0 Å². The Balaban J connectivity index is 2.42. The molecular formula is C11H10N2O. The number of rotatable bonds is 2. The summed E-state index contributed by atoms with van der Waals surface area (Å²) in [4.78, 5) is 8.03. The normalized spacial score (nSPS) is 9.79. The van der Waals surface area contributed by atoms with Crippen molar-refractivity contribution in [3.05, 3.63) is 42.9 Å². The molecule has 0 bridgehead atoms. The highest BCUT2D eigenvalue weighted by atomic mass is 16.5. The van der Waals surface area contributed by atoms with E-state index in [1.807, 2.05) is 30.3 Å². The highest BCUT2D eigenvalue weighted by Crippen LogP contribution is 2.20. The van der Waals surface area contributed by atoms with Gasteiger partial charge in [-0.25, -0.2) is 9.97 Å². The average molecular weight is 186 g/mol. The molecule has 0 radical (unpaired) electrons. The molecule has 0 unspecified atom stereocenters. The van der Waals surface area contributed by atoms with Crippen LogP contribution in [0.5, 0.6) is 5.75 Å². The first-order valence-electron chi connectivity index (χ1n) is 4.30. The molecule has 14 heavy (non-hydrogen) atoms. The second-order valence-electron chi connectivity index (χ2n) is 2.83. The fourth-order valence-corrected chi connectivity index (χ4v) is 1.24. The van der Waals surface area contributed by atoms with Crippen LogP contribution in [-0.4, -0.2) is 17.1 Å². The maximum absolute atomic E-state index is 5.13. The summed E-state index contributed by atoms with van der Waals surface area (Å²) < 4.78 is 5.13. The Hall–Kier alpha value is -1.90. The summed E-state index contributed by atoms with van der Waals surface area (Å²) in [7, 11) is 1.65. The van der Waals surface area contributed by atoms with Gasteiger partial charge in [-0.15, -0.1) is 0 Å². The van der Waals surface area contributed by atoms with Crippen molar-refractivity contribution in [1.82, 2.24) is 9.97 Å². The quantitative estimate of drug-likeness (QED) is 0.720. The lowest BCUT2D eigenvalue weighted by molar-refractivity contribution is 0.415. The first-order chi connectivity index (χ1) is 6.90. The van der Waals surface area contributed by atoms with Crippen LogP contribution in [0.4, 0.5) is 0 Å². The molecule has 3 heteroatoms. The fraction of sp³-hybridized carbons (Fsp3) is 0.0909. The van der Waals surface area contributed by atoms with E-state index in [9.17, 15) is 0 Å². The number of nitrogens with zero attached hydrogens (tertiary/aromatic N) is 2. The summed E-state index contributed by atoms with van der Waals surface area (Å²) in [5, 5.41) is 0. The Kier molecular flexibility index (Phi) is 2.40. The van der Waals surface area contributed by atoms with E-state index in [-0.39, 0.29) is 0 Å². The number of hydrogen-bond donors (Lipinski definition) is 0. The van der Waals surface area contributed by atoms with Gasteiger partial charge in [0.1, 0.15) is 12.1 Å². The maximum atomic E-state index is 5.13. The predicted octanol–water partition coefficient (Wildman–Crippen LogP) is 2.15. The van der Waals surface area contributed by atoms with E-state index in [1.165, 1.54) is 6.33 Å². The Morgan fingerprint density at radius 1 is 1.21 bits per heavy atom. The summed E-state index contributed by atoms with van der Waals surface area (Å²) >= 11 is 0. The van der Waals surface area contributed by atoms with Crippen LogP contribution in [0.2, 0.25) is 0 Å². The van der Waals surface area contributed by atoms with Crippen LogP contribution in [-0.2, 0) is 0 Å². The standard InChI is InChI=1S/C11H10N2O/c1-14-10-4-2-3-9(7-10)11-5-6-12-8-13-11/h2-8H,1H3. The third-order valence-corrected chi connectivity index (χ3v) is 1.95. The molecule has 2 aromatic rings. The van der Waals surface area contributed by atoms with E-state index < -0.39 is 0 Å². The molecule has 0 saturated carbocycles. The van der Waals surface area contributed by atoms with E-state index in [1.54, 1.807) is 13.3 Å². The first-order valence-corrected chi connectivity index (χ1v) is 4.30. The molecule has 0 amide bonds. The van der Waals surface area contributed by atoms with Gasteiger partial charge in [0.05, 0.1) is 12.8 Å². The Morgan fingerprint density at radius 2 is 2.14 bits per heavy atom. The van der Waals surface area contributed by atoms with Crippen LogP contribution in [0.1, 0.15) is 0 Å². The summed E-state index contributed by atoms with van der Waals surface area (Å²) in [5.41, 5.74) is 1.94. The minimum atomic E-state index is 0.834. The van der Waals surface area contributed by atoms with Crippen molar-refractivity contribution in [2.75, 3.05) is 7.11 Å². The largest absolute Gasteiger partial charge is 0.497 e. The van der Waals surface area contributed by atoms with Crippen LogP contribution in [0.25, 0.3) is 11.3 Å². The molecule has 0 spiro atoms. The molecule has 0 aliphatic carbocycles. The molecule has 0 fully saturated rings. The Morgan fingerprint density at radius 3 is 2.86 bits per heavy atom. The second kappa shape index (κ2) is 3.87. The van der Waals surface area contributed by atoms with Crippen molar-refractivity contribution in [2.24, 2.45) is 0 Å². The molecule has 3 nitrogen and oxygen atoms in total. The Bertz CT molecular complexity index is 415. The van der Waals surface area contributed by atoms with E-state index in [0.717, 1.165) is 17.0 Å². The van der Waals surface area contributed by atoms with Gasteiger partial charge < -0.3 is 4.74 Å². The number of methoxy groups -OCH3 is 1. The highest BCUT2D eigenvalue weighted by molar-refractivity contribution is 5.60. The number of hydrogen-bond acceptors (Lipinski definition) is 3. The van der Waals surface area contributed by atoms with Crippen molar-refractivity contribution in [3.63, 3.8) is 0 Å². The van der Waals surface area contributed by atoms with Crippen LogP contribution >= 0.6 is 0 Å². The first kappa shape index (κ1) is 8.69. The maximum Gasteiger partial charge on any atom is 0.119 e. The van der Waals surface area contributed by atoms with Crippen LogP contribution in [0.15, 0.2) is 42.9 Å². The number of ether oxygens (including phenoxy) is 1. The molecule has 70 valence electrons. The highest BCUT2D eigenvalue weighted by Gasteiger charge is 1.99. The van der Waals surface area contributed by atoms with Gasteiger partial charge in [0, 0.05) is 11.8 Å². The van der Waals surface area contributed by atoms with E-state index in [0.29, 0.717) is 0 Å². The molecular weight excluding hydrogens is 176 g/mol. The van der Waals surface area contributed by atoms with Crippen molar-refractivity contribution in [3.8, 4) is 17.0 Å². The van der Waals surface area contributed by atoms with Gasteiger partial charge in [0.15, 0.2) is 0 Å². The third-order valence-electron chi connectivity index (χ3n) is 1.95. The summed E-state index contributed by atoms with van der Waals surface area (Å²) in [6.45, 7) is 0. The molecule has 0 aliphatic rings. The van der Waals surface area contributed by atoms with Crippen molar-refractivity contribution >= 4 is 0 Å². The molecule has 0 atom stereocenters. The Labute approximate surface area is 82.4 Å². The molecule has 1 aromatic carbocycles. The number of benzene rings is 1. The minimum Gasteiger partial charge on any atom is -0.497 e. The fourth-order valence-electron chi connectivity index (χ4n) is 1.24. The lowest BCUT2D eigenvalue weighted by Crippen LogP contribution is -1.86. The summed E-state index contributed by atoms with van der Waals surface area (Å²) in [5.74, 6) is 0.834. The van der Waals surface area contributed by atoms with Gasteiger partial charge in [-0.3, -0.25) is 0 Å². The summed E-state index contributed by atoms with van der Waals surface area (Å²) in [6, 6.07) is 9.66. The summed E-state index contributed by atoms with van der Waals surface area (Å²) in [6.07, 6.45) is 3.26. The lowest BCUT2D eigenvalue weighted by Gasteiger charge is -2.02. The molecule has 1 heterocycles. The van der Waals surface area contributed by atoms with Gasteiger partial charge in [-0.2, -0.15) is 0 Å². The SMILES string of the molecule is COc1cccc(-c2ccncn2)c1. The molecule has 0 saturated heterocycles. The lowest BCUT2D eigenvalue weighted by atomic mass is 10.1. The van der Waals surface area contributed by atoms with Gasteiger partial charge in [0.25, 0.3) is 0 Å². The monoisotopic (exact) mass is 186 g/mol. The van der Waals surface area contributed by atoms with Gasteiger partial charge in [-0.05, 0) is 18.2 Å². The van der Waals surface area contributed by atoms with E-state index in [2.05, 4.69) is 9.97 Å². The van der Waals surface area contributed by atoms with Crippen molar-refractivity contribution in [2.45, 2.75) is 0 Å². The zero-order chi connectivity index (χ0) is 9.80. The van der Waals surface area contributed by atoms with Gasteiger partial charge in [-0.1, -0.05) is 12.1 Å². The van der Waals surface area contributed by atoms with E-state index in [4.69, 9.17) is 4.74 Å². The average Bonchev–Trinajstić information content (AvgIpc) is 2.30.